The zero-order valence-electron chi connectivity index (χ0n) is 17.9. The molecule has 4 nitrogen and oxygen atoms in total. The largest absolute Gasteiger partial charge is 0.424 e. The molecular formula is C28H19Cl2NO3. The number of amides is 1. The highest BCUT2D eigenvalue weighted by molar-refractivity contribution is 6.35. The Morgan fingerprint density at radius 1 is 0.735 bits per heavy atom. The molecule has 4 aromatic carbocycles. The van der Waals surface area contributed by atoms with Gasteiger partial charge in [0.25, 0.3) is 0 Å². The number of nitrogens with zero attached hydrogens (tertiary/aromatic N) is 1. The van der Waals surface area contributed by atoms with Gasteiger partial charge in [-0.2, -0.15) is 0 Å². The number of ether oxygens (including phenoxy) is 1. The summed E-state index contributed by atoms with van der Waals surface area (Å²) in [6.45, 7) is 0. The molecule has 0 radical (unpaired) electrons. The van der Waals surface area contributed by atoms with E-state index in [0.29, 0.717) is 38.3 Å². The molecule has 0 spiro atoms. The summed E-state index contributed by atoms with van der Waals surface area (Å²) in [6.07, 6.45) is 2.50. The summed E-state index contributed by atoms with van der Waals surface area (Å²) >= 11 is 12.0. The number of allylic oxidation sites excluding steroid dienone is 1. The van der Waals surface area contributed by atoms with Crippen molar-refractivity contribution in [3.8, 4) is 5.75 Å². The Balaban J connectivity index is 1.48. The lowest BCUT2D eigenvalue weighted by atomic mass is 10.1. The van der Waals surface area contributed by atoms with Crippen LogP contribution in [0.25, 0.3) is 6.08 Å². The third kappa shape index (κ3) is 5.73. The Hall–Kier alpha value is -3.86. The average Bonchev–Trinajstić information content (AvgIpc) is 2.85. The molecule has 0 saturated carbocycles. The van der Waals surface area contributed by atoms with Crippen molar-refractivity contribution in [3.05, 3.63) is 130 Å². The average molecular weight is 488 g/mol. The Morgan fingerprint density at radius 3 is 1.88 bits per heavy atom. The van der Waals surface area contributed by atoms with E-state index in [1.165, 1.54) is 11.0 Å². The molecule has 0 aliphatic heterocycles. The molecule has 4 aromatic rings. The van der Waals surface area contributed by atoms with E-state index in [1.54, 1.807) is 48.5 Å². The van der Waals surface area contributed by atoms with Crippen LogP contribution >= 0.6 is 23.2 Å². The third-order valence-corrected chi connectivity index (χ3v) is 5.49. The summed E-state index contributed by atoms with van der Waals surface area (Å²) in [7, 11) is 0. The highest BCUT2D eigenvalue weighted by atomic mass is 35.5. The van der Waals surface area contributed by atoms with Crippen LogP contribution in [0.4, 0.5) is 16.2 Å². The minimum atomic E-state index is -0.561. The van der Waals surface area contributed by atoms with Crippen molar-refractivity contribution in [1.29, 1.82) is 0 Å². The predicted octanol–water partition coefficient (Wildman–Crippen LogP) is 8.23. The molecule has 0 atom stereocenters. The Kier molecular flexibility index (Phi) is 7.43. The number of carbonyl (C=O) groups is 2. The first-order chi connectivity index (χ1) is 16.5. The Morgan fingerprint density at radius 2 is 1.32 bits per heavy atom. The molecule has 0 aliphatic carbocycles. The molecular weight excluding hydrogens is 469 g/mol. The number of ketones is 1. The number of carbonyl (C=O) groups excluding carboxylic acids is 2. The van der Waals surface area contributed by atoms with Gasteiger partial charge in [-0.1, -0.05) is 65.7 Å². The van der Waals surface area contributed by atoms with Crippen LogP contribution in [0, 0.1) is 0 Å². The van der Waals surface area contributed by atoms with Gasteiger partial charge in [0.2, 0.25) is 0 Å². The molecule has 0 heterocycles. The first-order valence-corrected chi connectivity index (χ1v) is 11.2. The lowest BCUT2D eigenvalue weighted by Gasteiger charge is -2.22. The van der Waals surface area contributed by atoms with Crippen LogP contribution in [0.5, 0.6) is 5.75 Å². The summed E-state index contributed by atoms with van der Waals surface area (Å²) in [5, 5.41) is 0.983. The van der Waals surface area contributed by atoms with Gasteiger partial charge in [-0.3, -0.25) is 4.79 Å². The molecule has 0 bridgehead atoms. The van der Waals surface area contributed by atoms with Gasteiger partial charge in [0.05, 0.1) is 11.4 Å². The van der Waals surface area contributed by atoms with E-state index in [0.717, 1.165) is 0 Å². The molecule has 0 unspecified atom stereocenters. The molecule has 4 rings (SSSR count). The molecule has 0 aromatic heterocycles. The highest BCUT2D eigenvalue weighted by Crippen LogP contribution is 2.27. The molecule has 0 N–H and O–H groups in total. The molecule has 34 heavy (non-hydrogen) atoms. The second-order valence-corrected chi connectivity index (χ2v) is 8.11. The minimum Gasteiger partial charge on any atom is -0.410 e. The highest BCUT2D eigenvalue weighted by Gasteiger charge is 2.20. The summed E-state index contributed by atoms with van der Waals surface area (Å²) in [5.41, 5.74) is 2.49. The summed E-state index contributed by atoms with van der Waals surface area (Å²) in [5.74, 6) is 0.113. The van der Waals surface area contributed by atoms with Crippen molar-refractivity contribution in [1.82, 2.24) is 0 Å². The normalized spacial score (nSPS) is 10.8. The predicted molar refractivity (Wildman–Crippen MR) is 137 cm³/mol. The van der Waals surface area contributed by atoms with Crippen LogP contribution in [-0.4, -0.2) is 11.9 Å². The maximum atomic E-state index is 13.1. The van der Waals surface area contributed by atoms with Crippen LogP contribution in [0.3, 0.4) is 0 Å². The molecule has 0 fully saturated rings. The van der Waals surface area contributed by atoms with E-state index >= 15 is 0 Å². The van der Waals surface area contributed by atoms with Gasteiger partial charge in [-0.15, -0.1) is 0 Å². The fourth-order valence-electron chi connectivity index (χ4n) is 3.25. The standard InChI is InChI=1S/C28H19Cl2NO3/c29-22-15-11-20(26(30)19-22)14-18-27(32)21-12-16-25(17-13-21)34-28(33)31(23-7-3-1-4-8-23)24-9-5-2-6-10-24/h1-19H/b18-14+. The fraction of sp³-hybridized carbons (Fsp3) is 0. The van der Waals surface area contributed by atoms with Crippen LogP contribution in [-0.2, 0) is 0 Å². The van der Waals surface area contributed by atoms with Crippen molar-refractivity contribution in [2.24, 2.45) is 0 Å². The van der Waals surface area contributed by atoms with Crippen molar-refractivity contribution in [3.63, 3.8) is 0 Å². The molecule has 1 amide bonds. The van der Waals surface area contributed by atoms with Crippen LogP contribution in [0.15, 0.2) is 109 Å². The van der Waals surface area contributed by atoms with Gasteiger partial charge in [0.15, 0.2) is 5.78 Å². The molecule has 0 aliphatic rings. The zero-order chi connectivity index (χ0) is 23.9. The first-order valence-electron chi connectivity index (χ1n) is 10.4. The van der Waals surface area contributed by atoms with E-state index in [1.807, 2.05) is 60.7 Å². The number of benzene rings is 4. The smallest absolute Gasteiger partial charge is 0.410 e. The maximum absolute atomic E-state index is 13.1. The summed E-state index contributed by atoms with van der Waals surface area (Å²) in [4.78, 5) is 27.1. The SMILES string of the molecule is O=C(/C=C/c1ccc(Cl)cc1Cl)c1ccc(OC(=O)N(c2ccccc2)c2ccccc2)cc1. The second kappa shape index (κ2) is 10.8. The van der Waals surface area contributed by atoms with E-state index in [2.05, 4.69) is 0 Å². The summed E-state index contributed by atoms with van der Waals surface area (Å²) < 4.78 is 5.60. The summed E-state index contributed by atoms with van der Waals surface area (Å²) in [6, 6.07) is 29.9. The van der Waals surface area contributed by atoms with E-state index < -0.39 is 6.09 Å². The van der Waals surface area contributed by atoms with E-state index in [4.69, 9.17) is 27.9 Å². The van der Waals surface area contributed by atoms with Gasteiger partial charge >= 0.3 is 6.09 Å². The Bertz CT molecular complexity index is 1280. The van der Waals surface area contributed by atoms with Crippen LogP contribution in [0.2, 0.25) is 10.0 Å². The number of hydrogen-bond donors (Lipinski definition) is 0. The topological polar surface area (TPSA) is 46.6 Å². The van der Waals surface area contributed by atoms with Gasteiger partial charge in [-0.05, 0) is 78.4 Å². The van der Waals surface area contributed by atoms with Gasteiger partial charge in [-0.25, -0.2) is 9.69 Å². The molecule has 0 saturated heterocycles. The van der Waals surface area contributed by atoms with E-state index in [-0.39, 0.29) is 5.78 Å². The maximum Gasteiger partial charge on any atom is 0.424 e. The number of anilines is 2. The molecule has 6 heteroatoms. The monoisotopic (exact) mass is 487 g/mol. The van der Waals surface area contributed by atoms with Crippen molar-refractivity contribution in [2.45, 2.75) is 0 Å². The second-order valence-electron chi connectivity index (χ2n) is 7.26. The lowest BCUT2D eigenvalue weighted by Crippen LogP contribution is -2.29. The van der Waals surface area contributed by atoms with Gasteiger partial charge < -0.3 is 4.74 Å². The van der Waals surface area contributed by atoms with Crippen LogP contribution < -0.4 is 9.64 Å². The van der Waals surface area contributed by atoms with Gasteiger partial charge in [0.1, 0.15) is 5.75 Å². The van der Waals surface area contributed by atoms with E-state index in [9.17, 15) is 9.59 Å². The van der Waals surface area contributed by atoms with Crippen molar-refractivity contribution in [2.75, 3.05) is 4.90 Å². The minimum absolute atomic E-state index is 0.209. The number of para-hydroxylation sites is 2. The quantitative estimate of drug-likeness (QED) is 0.203. The van der Waals surface area contributed by atoms with Crippen LogP contribution in [0.1, 0.15) is 15.9 Å². The van der Waals surface area contributed by atoms with Crippen molar-refractivity contribution < 1.29 is 14.3 Å². The van der Waals surface area contributed by atoms with Crippen molar-refractivity contribution >= 4 is 52.5 Å². The first kappa shape index (κ1) is 23.3. The Labute approximate surface area is 207 Å². The van der Waals surface area contributed by atoms with Gasteiger partial charge in [0, 0.05) is 15.6 Å². The fourth-order valence-corrected chi connectivity index (χ4v) is 3.72. The third-order valence-electron chi connectivity index (χ3n) is 4.93. The number of hydrogen-bond acceptors (Lipinski definition) is 3. The number of halogens is 2. The lowest BCUT2D eigenvalue weighted by molar-refractivity contribution is 0.104. The molecule has 168 valence electrons. The number of rotatable bonds is 6. The zero-order valence-corrected chi connectivity index (χ0v) is 19.4.